The van der Waals surface area contributed by atoms with Crippen LogP contribution in [0, 0.1) is 13.8 Å². The van der Waals surface area contributed by atoms with E-state index in [0.29, 0.717) is 5.76 Å². The van der Waals surface area contributed by atoms with Crippen LogP contribution >= 0.6 is 0 Å². The smallest absolute Gasteiger partial charge is 0.277 e. The predicted molar refractivity (Wildman–Crippen MR) is 81.9 cm³/mol. The fraction of sp³-hybridized carbons (Fsp3) is 0.176. The average molecular weight is 296 g/mol. The first-order valence-electron chi connectivity index (χ1n) is 6.99. The highest BCUT2D eigenvalue weighted by Gasteiger charge is 2.31. The number of furan rings is 1. The first-order chi connectivity index (χ1) is 10.5. The second kappa shape index (κ2) is 5.52. The van der Waals surface area contributed by atoms with Crippen molar-refractivity contribution < 1.29 is 14.0 Å². The molecule has 2 amide bonds. The number of carbonyl (C=O) groups excluding carboxylic acids is 2. The van der Waals surface area contributed by atoms with Crippen LogP contribution in [-0.4, -0.2) is 16.7 Å². The Balaban J connectivity index is 1.78. The molecule has 0 fully saturated rings. The van der Waals surface area contributed by atoms with Gasteiger partial charge in [-0.2, -0.15) is 0 Å². The molecule has 5 nitrogen and oxygen atoms in total. The molecule has 1 aromatic carbocycles. The lowest BCUT2D eigenvalue weighted by Crippen LogP contribution is -2.31. The quantitative estimate of drug-likeness (QED) is 0.881. The van der Waals surface area contributed by atoms with Crippen molar-refractivity contribution >= 4 is 17.5 Å². The fourth-order valence-electron chi connectivity index (χ4n) is 2.32. The molecule has 1 aliphatic heterocycles. The maximum Gasteiger partial charge on any atom is 0.277 e. The summed E-state index contributed by atoms with van der Waals surface area (Å²) in [7, 11) is 0. The molecule has 0 aliphatic carbocycles. The number of aryl methyl sites for hydroxylation is 2. The minimum absolute atomic E-state index is 0.138. The minimum Gasteiger partial charge on any atom is -0.467 e. The van der Waals surface area contributed by atoms with Gasteiger partial charge in [0.15, 0.2) is 0 Å². The Morgan fingerprint density at radius 1 is 1.18 bits per heavy atom. The molecule has 2 aromatic rings. The highest BCUT2D eigenvalue weighted by molar-refractivity contribution is 6.17. The van der Waals surface area contributed by atoms with Gasteiger partial charge in [-0.25, -0.2) is 0 Å². The minimum atomic E-state index is -0.345. The van der Waals surface area contributed by atoms with Gasteiger partial charge >= 0.3 is 0 Å². The molecule has 2 heterocycles. The van der Waals surface area contributed by atoms with Crippen LogP contribution in [0.1, 0.15) is 16.9 Å². The van der Waals surface area contributed by atoms with Crippen molar-refractivity contribution in [3.05, 3.63) is 65.3 Å². The number of anilines is 1. The van der Waals surface area contributed by atoms with Crippen LogP contribution in [0.25, 0.3) is 0 Å². The third-order valence-electron chi connectivity index (χ3n) is 3.57. The topological polar surface area (TPSA) is 62.6 Å². The molecule has 0 spiro atoms. The second-order valence-corrected chi connectivity index (χ2v) is 5.31. The average Bonchev–Trinajstić information content (AvgIpc) is 3.08. The zero-order valence-corrected chi connectivity index (χ0v) is 12.4. The summed E-state index contributed by atoms with van der Waals surface area (Å²) < 4.78 is 5.19. The van der Waals surface area contributed by atoms with Crippen molar-refractivity contribution in [2.75, 3.05) is 5.32 Å². The van der Waals surface area contributed by atoms with Gasteiger partial charge in [0.2, 0.25) is 0 Å². The summed E-state index contributed by atoms with van der Waals surface area (Å²) in [6, 6.07) is 9.38. The Morgan fingerprint density at radius 2 is 2.00 bits per heavy atom. The number of amides is 2. The largest absolute Gasteiger partial charge is 0.467 e. The van der Waals surface area contributed by atoms with Gasteiger partial charge in [0.1, 0.15) is 11.5 Å². The van der Waals surface area contributed by atoms with Gasteiger partial charge in [-0.3, -0.25) is 14.5 Å². The highest BCUT2D eigenvalue weighted by atomic mass is 16.3. The lowest BCUT2D eigenvalue weighted by molar-refractivity contribution is -0.138. The fourth-order valence-corrected chi connectivity index (χ4v) is 2.32. The summed E-state index contributed by atoms with van der Waals surface area (Å²) in [5.74, 6) is -0.111. The van der Waals surface area contributed by atoms with Gasteiger partial charge in [-0.1, -0.05) is 12.1 Å². The number of imide groups is 1. The number of benzene rings is 1. The summed E-state index contributed by atoms with van der Waals surface area (Å²) in [5, 5.41) is 3.06. The first kappa shape index (κ1) is 14.1. The SMILES string of the molecule is Cc1ccc(C)c(NC2=CC(=O)N(Cc3ccco3)C2=O)c1. The van der Waals surface area contributed by atoms with Crippen LogP contribution in [0.5, 0.6) is 0 Å². The van der Waals surface area contributed by atoms with Crippen molar-refractivity contribution in [1.82, 2.24) is 4.90 Å². The van der Waals surface area contributed by atoms with Crippen LogP contribution in [-0.2, 0) is 16.1 Å². The third-order valence-corrected chi connectivity index (χ3v) is 3.57. The van der Waals surface area contributed by atoms with Gasteiger partial charge in [-0.05, 0) is 43.2 Å². The monoisotopic (exact) mass is 296 g/mol. The molecule has 22 heavy (non-hydrogen) atoms. The van der Waals surface area contributed by atoms with Crippen molar-refractivity contribution in [2.24, 2.45) is 0 Å². The van der Waals surface area contributed by atoms with Gasteiger partial charge in [0.05, 0.1) is 12.8 Å². The number of rotatable bonds is 4. The Labute approximate surface area is 128 Å². The van der Waals surface area contributed by atoms with Crippen molar-refractivity contribution in [2.45, 2.75) is 20.4 Å². The van der Waals surface area contributed by atoms with E-state index >= 15 is 0 Å². The Hall–Kier alpha value is -2.82. The number of hydrogen-bond acceptors (Lipinski definition) is 4. The maximum absolute atomic E-state index is 12.4. The zero-order valence-electron chi connectivity index (χ0n) is 12.4. The Kier molecular flexibility index (Phi) is 3.55. The van der Waals surface area contributed by atoms with Gasteiger partial charge in [0.25, 0.3) is 11.8 Å². The highest BCUT2D eigenvalue weighted by Crippen LogP contribution is 2.22. The maximum atomic E-state index is 12.4. The van der Waals surface area contributed by atoms with E-state index in [9.17, 15) is 9.59 Å². The molecule has 0 bridgehead atoms. The van der Waals surface area contributed by atoms with E-state index in [-0.39, 0.29) is 24.1 Å². The van der Waals surface area contributed by atoms with Crippen LogP contribution in [0.2, 0.25) is 0 Å². The molecule has 0 atom stereocenters. The summed E-state index contributed by atoms with van der Waals surface area (Å²) >= 11 is 0. The molecule has 0 saturated heterocycles. The molecule has 1 aromatic heterocycles. The van der Waals surface area contributed by atoms with E-state index in [0.717, 1.165) is 21.7 Å². The normalized spacial score (nSPS) is 14.5. The summed E-state index contributed by atoms with van der Waals surface area (Å²) in [6.45, 7) is 4.06. The zero-order chi connectivity index (χ0) is 15.7. The molecular formula is C17H16N2O3. The van der Waals surface area contributed by atoms with Crippen LogP contribution in [0.3, 0.4) is 0 Å². The Bertz CT molecular complexity index is 760. The van der Waals surface area contributed by atoms with Crippen LogP contribution < -0.4 is 5.32 Å². The molecule has 0 unspecified atom stereocenters. The van der Waals surface area contributed by atoms with Crippen molar-refractivity contribution in [1.29, 1.82) is 0 Å². The molecule has 1 aliphatic rings. The van der Waals surface area contributed by atoms with Crippen molar-refractivity contribution in [3.8, 4) is 0 Å². The molecule has 1 N–H and O–H groups in total. The number of carbonyl (C=O) groups is 2. The standard InChI is InChI=1S/C17H16N2O3/c1-11-5-6-12(2)14(8-11)18-15-9-16(20)19(17(15)21)10-13-4-3-7-22-13/h3-9,18H,10H2,1-2H3. The lowest BCUT2D eigenvalue weighted by Gasteiger charge is -2.14. The molecule has 3 rings (SSSR count). The van der Waals surface area contributed by atoms with Crippen LogP contribution in [0.15, 0.2) is 52.8 Å². The van der Waals surface area contributed by atoms with E-state index in [4.69, 9.17) is 4.42 Å². The van der Waals surface area contributed by atoms with Gasteiger partial charge in [0, 0.05) is 11.8 Å². The molecule has 112 valence electrons. The number of nitrogens with zero attached hydrogens (tertiary/aromatic N) is 1. The van der Waals surface area contributed by atoms with Crippen molar-refractivity contribution in [3.63, 3.8) is 0 Å². The molecular weight excluding hydrogens is 280 g/mol. The van der Waals surface area contributed by atoms with Gasteiger partial charge < -0.3 is 9.73 Å². The molecule has 5 heteroatoms. The van der Waals surface area contributed by atoms with Crippen LogP contribution in [0.4, 0.5) is 5.69 Å². The predicted octanol–water partition coefficient (Wildman–Crippen LogP) is 2.76. The second-order valence-electron chi connectivity index (χ2n) is 5.31. The summed E-state index contributed by atoms with van der Waals surface area (Å²) in [6.07, 6.45) is 2.84. The van der Waals surface area contributed by atoms with E-state index in [1.54, 1.807) is 12.1 Å². The van der Waals surface area contributed by atoms with E-state index in [1.807, 2.05) is 32.0 Å². The van der Waals surface area contributed by atoms with E-state index in [1.165, 1.54) is 12.3 Å². The number of nitrogens with one attached hydrogen (secondary N) is 1. The third kappa shape index (κ3) is 2.65. The van der Waals surface area contributed by atoms with E-state index in [2.05, 4.69) is 5.32 Å². The molecule has 0 saturated carbocycles. The number of hydrogen-bond donors (Lipinski definition) is 1. The lowest BCUT2D eigenvalue weighted by atomic mass is 10.1. The Morgan fingerprint density at radius 3 is 2.73 bits per heavy atom. The first-order valence-corrected chi connectivity index (χ1v) is 6.99. The van der Waals surface area contributed by atoms with Gasteiger partial charge in [-0.15, -0.1) is 0 Å². The summed E-state index contributed by atoms with van der Waals surface area (Å²) in [4.78, 5) is 25.5. The van der Waals surface area contributed by atoms with E-state index < -0.39 is 0 Å². The molecule has 0 radical (unpaired) electrons. The summed E-state index contributed by atoms with van der Waals surface area (Å²) in [5.41, 5.74) is 3.20.